The van der Waals surface area contributed by atoms with Gasteiger partial charge in [0.15, 0.2) is 0 Å². The molecular weight excluding hydrogens is 398 g/mol. The Morgan fingerprint density at radius 3 is 2.00 bits per heavy atom. The topological polar surface area (TPSA) is 45.5 Å². The largest absolute Gasteiger partial charge is 0.321 e. The Morgan fingerprint density at radius 1 is 1.00 bits per heavy atom. The maximum Gasteiger partial charge on any atom is 0.259 e. The van der Waals surface area contributed by atoms with Crippen LogP contribution in [0.15, 0.2) is 48.6 Å². The lowest BCUT2D eigenvalue weighted by molar-refractivity contribution is 0.185. The van der Waals surface area contributed by atoms with Gasteiger partial charge in [-0.2, -0.15) is 5.26 Å². The van der Waals surface area contributed by atoms with Crippen molar-refractivity contribution in [1.29, 1.82) is 5.26 Å². The van der Waals surface area contributed by atoms with E-state index in [-0.39, 0.29) is 20.0 Å². The van der Waals surface area contributed by atoms with Crippen LogP contribution in [0.25, 0.3) is 0 Å². The van der Waals surface area contributed by atoms with Crippen LogP contribution < -0.4 is 0 Å². The summed E-state index contributed by atoms with van der Waals surface area (Å²) in [5.41, 5.74) is 2.27. The number of nitrogens with zero attached hydrogens (tertiary/aromatic N) is 2. The van der Waals surface area contributed by atoms with E-state index in [9.17, 15) is 0 Å². The quantitative estimate of drug-likeness (QED) is 0.147. The highest BCUT2D eigenvalue weighted by molar-refractivity contribution is 7.57. The average Bonchev–Trinajstić information content (AvgIpc) is 2.69. The number of nitriles is 1. The van der Waals surface area contributed by atoms with Crippen LogP contribution in [-0.2, 0) is 9.05 Å². The molecule has 1 atom stereocenters. The fourth-order valence-electron chi connectivity index (χ4n) is 2.72. The predicted molar refractivity (Wildman–Crippen MR) is 131 cm³/mol. The van der Waals surface area contributed by atoms with Crippen molar-refractivity contribution in [3.8, 4) is 6.07 Å². The van der Waals surface area contributed by atoms with Crippen molar-refractivity contribution in [2.24, 2.45) is 0 Å². The Balaban J connectivity index is 5.26. The molecule has 0 N–H and O–H groups in total. The van der Waals surface area contributed by atoms with E-state index < -0.39 is 8.53 Å². The summed E-state index contributed by atoms with van der Waals surface area (Å²) in [4.78, 5) is 0. The Morgan fingerprint density at radius 2 is 1.55 bits per heavy atom. The summed E-state index contributed by atoms with van der Waals surface area (Å²) in [7, 11) is -1.21. The summed E-state index contributed by atoms with van der Waals surface area (Å²) in [5.74, 6) is 0. The van der Waals surface area contributed by atoms with Crippen LogP contribution in [-0.4, -0.2) is 48.5 Å². The summed E-state index contributed by atoms with van der Waals surface area (Å²) >= 11 is 0. The maximum atomic E-state index is 8.82. The molecule has 0 spiro atoms. The number of hydrogen-bond donors (Lipinski definition) is 0. The molecule has 0 aliphatic rings. The normalized spacial score (nSPS) is 14.0. The van der Waals surface area contributed by atoms with Gasteiger partial charge in [-0.15, -0.1) is 7.92 Å². The molecule has 6 heteroatoms. The molecule has 0 amide bonds. The first-order valence-electron chi connectivity index (χ1n) is 10.4. The highest BCUT2D eigenvalue weighted by Gasteiger charge is 2.27. The summed E-state index contributed by atoms with van der Waals surface area (Å²) in [6, 6.07) is 2.70. The number of hydrogen-bond acceptors (Lipinski definition) is 4. The summed E-state index contributed by atoms with van der Waals surface area (Å²) < 4.78 is 14.4. The lowest BCUT2D eigenvalue weighted by atomic mass is 10.2. The van der Waals surface area contributed by atoms with E-state index in [1.165, 1.54) is 17.9 Å². The molecule has 0 aliphatic carbocycles. The molecule has 0 radical (unpaired) electrons. The van der Waals surface area contributed by atoms with E-state index >= 15 is 0 Å². The third-order valence-corrected chi connectivity index (χ3v) is 9.00. The molecule has 0 aromatic heterocycles. The second-order valence-electron chi connectivity index (χ2n) is 7.17. The lowest BCUT2D eigenvalue weighted by Crippen LogP contribution is -2.33. The fourth-order valence-corrected chi connectivity index (χ4v) is 5.97. The molecule has 0 aliphatic heterocycles. The van der Waals surface area contributed by atoms with Crippen molar-refractivity contribution in [2.75, 3.05) is 31.7 Å². The zero-order valence-corrected chi connectivity index (χ0v) is 21.0. The summed E-state index contributed by atoms with van der Waals surface area (Å²) in [5, 5.41) is 8.82. The molecule has 1 unspecified atom stereocenters. The highest BCUT2D eigenvalue weighted by atomic mass is 31.2. The van der Waals surface area contributed by atoms with E-state index in [0.29, 0.717) is 19.6 Å². The molecular formula is C23H40N2O2P2. The molecule has 0 rings (SSSR count). The van der Waals surface area contributed by atoms with E-state index in [2.05, 4.69) is 77.6 Å². The van der Waals surface area contributed by atoms with Crippen molar-refractivity contribution in [1.82, 2.24) is 4.67 Å². The fraction of sp³-hybridized carbons (Fsp3) is 0.609. The SMILES string of the molecule is C=C/C(=C\C=C(/C=C)CP(CC)CC)COP(OCCC#N)N(C(C)C)C(C)C. The van der Waals surface area contributed by atoms with Gasteiger partial charge in [-0.3, -0.25) is 0 Å². The Labute approximate surface area is 182 Å². The molecule has 164 valence electrons. The van der Waals surface area contributed by atoms with Gasteiger partial charge < -0.3 is 9.05 Å². The van der Waals surface area contributed by atoms with Gasteiger partial charge in [0.2, 0.25) is 0 Å². The van der Waals surface area contributed by atoms with E-state index in [0.717, 1.165) is 11.7 Å². The summed E-state index contributed by atoms with van der Waals surface area (Å²) in [6.45, 7) is 21.8. The van der Waals surface area contributed by atoms with Crippen LogP contribution in [0.2, 0.25) is 0 Å². The third-order valence-electron chi connectivity index (χ3n) is 4.34. The third kappa shape index (κ3) is 11.8. The maximum absolute atomic E-state index is 8.82. The standard InChI is InChI=1S/C23H40N2O2P2/c1-9-22(14-15-23(10-2)19-28(11-3)12-4)18-27-29(26-17-13-16-24)25(20(5)6)21(7)8/h9-10,14-15,20-21H,1-2,11-13,17-19H2,3-8H3/b22-14+,23-15+. The minimum atomic E-state index is -1.25. The Kier molecular flexibility index (Phi) is 16.5. The van der Waals surface area contributed by atoms with Gasteiger partial charge in [-0.1, -0.05) is 51.3 Å². The molecule has 0 saturated heterocycles. The molecule has 0 fully saturated rings. The van der Waals surface area contributed by atoms with Crippen molar-refractivity contribution < 1.29 is 9.05 Å². The second kappa shape index (κ2) is 16.9. The molecule has 0 bridgehead atoms. The van der Waals surface area contributed by atoms with Gasteiger partial charge in [0.1, 0.15) is 0 Å². The van der Waals surface area contributed by atoms with Gasteiger partial charge in [-0.25, -0.2) is 4.67 Å². The number of allylic oxidation sites excluding steroid dienone is 4. The van der Waals surface area contributed by atoms with Crippen LogP contribution >= 0.6 is 16.4 Å². The molecule has 0 heterocycles. The van der Waals surface area contributed by atoms with Crippen LogP contribution in [0.5, 0.6) is 0 Å². The predicted octanol–water partition coefficient (Wildman–Crippen LogP) is 7.03. The van der Waals surface area contributed by atoms with Crippen molar-refractivity contribution in [3.05, 3.63) is 48.6 Å². The zero-order chi connectivity index (χ0) is 22.2. The monoisotopic (exact) mass is 438 g/mol. The van der Waals surface area contributed by atoms with Crippen LogP contribution in [0.1, 0.15) is 48.0 Å². The van der Waals surface area contributed by atoms with Crippen LogP contribution in [0.3, 0.4) is 0 Å². The van der Waals surface area contributed by atoms with Gasteiger partial charge in [0.25, 0.3) is 8.53 Å². The highest BCUT2D eigenvalue weighted by Crippen LogP contribution is 2.46. The van der Waals surface area contributed by atoms with Crippen molar-refractivity contribution in [3.63, 3.8) is 0 Å². The van der Waals surface area contributed by atoms with Crippen LogP contribution in [0.4, 0.5) is 0 Å². The van der Waals surface area contributed by atoms with Gasteiger partial charge in [-0.05, 0) is 57.3 Å². The molecule has 29 heavy (non-hydrogen) atoms. The minimum absolute atomic E-state index is 0.0376. The van der Waals surface area contributed by atoms with Crippen molar-refractivity contribution >= 4 is 16.4 Å². The lowest BCUT2D eigenvalue weighted by Gasteiger charge is -2.35. The number of rotatable bonds is 16. The van der Waals surface area contributed by atoms with E-state index in [4.69, 9.17) is 14.3 Å². The van der Waals surface area contributed by atoms with Crippen LogP contribution in [0, 0.1) is 11.3 Å². The minimum Gasteiger partial charge on any atom is -0.321 e. The molecule has 4 nitrogen and oxygen atoms in total. The van der Waals surface area contributed by atoms with E-state index in [1.54, 1.807) is 0 Å². The molecule has 0 aromatic carbocycles. The van der Waals surface area contributed by atoms with Gasteiger partial charge in [0, 0.05) is 12.1 Å². The van der Waals surface area contributed by atoms with Gasteiger partial charge >= 0.3 is 0 Å². The smallest absolute Gasteiger partial charge is 0.259 e. The first kappa shape index (κ1) is 28.2. The average molecular weight is 439 g/mol. The Hall–Kier alpha value is -0.810. The van der Waals surface area contributed by atoms with Gasteiger partial charge in [0.05, 0.1) is 25.7 Å². The second-order valence-corrected chi connectivity index (χ2v) is 11.5. The first-order chi connectivity index (χ1) is 13.8. The van der Waals surface area contributed by atoms with Crippen molar-refractivity contribution in [2.45, 2.75) is 60.0 Å². The first-order valence-corrected chi connectivity index (χ1v) is 13.4. The zero-order valence-electron chi connectivity index (χ0n) is 19.2. The molecule has 0 aromatic rings. The van der Waals surface area contributed by atoms with E-state index in [1.807, 2.05) is 12.2 Å². The Bertz CT molecular complexity index is 568. The summed E-state index contributed by atoms with van der Waals surface area (Å²) in [6.07, 6.45) is 11.9. The molecule has 0 saturated carbocycles.